The fraction of sp³-hybridized carbons (Fsp3) is 0. The maximum Gasteiger partial charge on any atom is 0.337 e. The number of amides is 1. The molecule has 116 valence electrons. The first-order chi connectivity index (χ1) is 11.0. The smallest absolute Gasteiger partial charge is 0.337 e. The van der Waals surface area contributed by atoms with Crippen molar-refractivity contribution in [2.24, 2.45) is 0 Å². The van der Waals surface area contributed by atoms with E-state index < -0.39 is 11.9 Å². The van der Waals surface area contributed by atoms with Crippen molar-refractivity contribution in [1.29, 1.82) is 0 Å². The molecule has 23 heavy (non-hydrogen) atoms. The number of thiophene rings is 1. The predicted octanol–water partition coefficient (Wildman–Crippen LogP) is 4.09. The number of carbonyl (C=O) groups excluding carboxylic acids is 1. The lowest BCUT2D eigenvalue weighted by molar-refractivity contribution is 0.0698. The zero-order valence-corrected chi connectivity index (χ0v) is 13.2. The molecule has 4 N–H and O–H groups in total. The summed E-state index contributed by atoms with van der Waals surface area (Å²) in [5, 5.41) is 12.9. The maximum absolute atomic E-state index is 12.5. The second-order valence-corrected chi connectivity index (χ2v) is 6.24. The fourth-order valence-electron chi connectivity index (χ4n) is 2.19. The number of rotatable bonds is 3. The standard InChI is InChI=1S/C16H11ClN2O3S/c17-13-10-3-1-2-4-12(10)23-14(13)15(20)19-11-7-8(18)5-6-9(11)16(21)22/h1-7H,18H2,(H,19,20)(H,21,22). The predicted molar refractivity (Wildman–Crippen MR) is 92.6 cm³/mol. The molecule has 0 bridgehead atoms. The van der Waals surface area contributed by atoms with Gasteiger partial charge in [0.2, 0.25) is 0 Å². The molecule has 1 aromatic heterocycles. The molecule has 0 unspecified atom stereocenters. The van der Waals surface area contributed by atoms with Crippen LogP contribution in [0.4, 0.5) is 11.4 Å². The Morgan fingerprint density at radius 1 is 1.17 bits per heavy atom. The first-order valence-corrected chi connectivity index (χ1v) is 7.78. The minimum Gasteiger partial charge on any atom is -0.478 e. The third-order valence-corrected chi connectivity index (χ3v) is 4.94. The van der Waals surface area contributed by atoms with Gasteiger partial charge in [-0.3, -0.25) is 4.79 Å². The molecule has 0 atom stereocenters. The molecular weight excluding hydrogens is 336 g/mol. The number of hydrogen-bond donors (Lipinski definition) is 3. The molecule has 1 heterocycles. The van der Waals surface area contributed by atoms with E-state index in [1.807, 2.05) is 24.3 Å². The van der Waals surface area contributed by atoms with Gasteiger partial charge in [-0.05, 0) is 24.3 Å². The third-order valence-electron chi connectivity index (χ3n) is 3.26. The molecule has 3 aromatic rings. The lowest BCUT2D eigenvalue weighted by Crippen LogP contribution is -2.14. The van der Waals surface area contributed by atoms with Crippen LogP contribution < -0.4 is 11.1 Å². The second kappa shape index (κ2) is 5.91. The van der Waals surface area contributed by atoms with E-state index in [1.165, 1.54) is 29.5 Å². The summed E-state index contributed by atoms with van der Waals surface area (Å²) in [6.07, 6.45) is 0. The number of anilines is 2. The lowest BCUT2D eigenvalue weighted by Gasteiger charge is -2.08. The van der Waals surface area contributed by atoms with Crippen molar-refractivity contribution < 1.29 is 14.7 Å². The monoisotopic (exact) mass is 346 g/mol. The van der Waals surface area contributed by atoms with Crippen LogP contribution in [0.3, 0.4) is 0 Å². The third kappa shape index (κ3) is 2.86. The zero-order chi connectivity index (χ0) is 16.6. The highest BCUT2D eigenvalue weighted by molar-refractivity contribution is 7.21. The number of carbonyl (C=O) groups is 2. The average Bonchev–Trinajstić information content (AvgIpc) is 2.85. The van der Waals surface area contributed by atoms with Crippen LogP contribution in [-0.4, -0.2) is 17.0 Å². The van der Waals surface area contributed by atoms with E-state index in [1.54, 1.807) is 0 Å². The largest absolute Gasteiger partial charge is 0.478 e. The molecule has 0 aliphatic rings. The van der Waals surface area contributed by atoms with E-state index in [4.69, 9.17) is 17.3 Å². The SMILES string of the molecule is Nc1ccc(C(=O)O)c(NC(=O)c2sc3ccccc3c2Cl)c1. The summed E-state index contributed by atoms with van der Waals surface area (Å²) < 4.78 is 0.883. The van der Waals surface area contributed by atoms with Gasteiger partial charge in [-0.1, -0.05) is 29.8 Å². The van der Waals surface area contributed by atoms with Crippen molar-refractivity contribution in [1.82, 2.24) is 0 Å². The van der Waals surface area contributed by atoms with Crippen LogP contribution in [0.5, 0.6) is 0 Å². The highest BCUT2D eigenvalue weighted by atomic mass is 35.5. The Bertz CT molecular complexity index is 936. The normalized spacial score (nSPS) is 10.7. The quantitative estimate of drug-likeness (QED) is 0.623. The van der Waals surface area contributed by atoms with Gasteiger partial charge >= 0.3 is 5.97 Å². The second-order valence-electron chi connectivity index (χ2n) is 4.81. The van der Waals surface area contributed by atoms with Crippen molar-refractivity contribution in [2.45, 2.75) is 0 Å². The van der Waals surface area contributed by atoms with Gasteiger partial charge in [-0.25, -0.2) is 4.79 Å². The Hall–Kier alpha value is -2.57. The molecule has 0 saturated carbocycles. The molecule has 3 rings (SSSR count). The van der Waals surface area contributed by atoms with Gasteiger partial charge in [-0.2, -0.15) is 0 Å². The van der Waals surface area contributed by atoms with Gasteiger partial charge < -0.3 is 16.2 Å². The van der Waals surface area contributed by atoms with Gasteiger partial charge in [0, 0.05) is 15.8 Å². The number of halogens is 1. The molecule has 1 amide bonds. The van der Waals surface area contributed by atoms with Crippen molar-refractivity contribution in [3.8, 4) is 0 Å². The van der Waals surface area contributed by atoms with Gasteiger partial charge in [0.15, 0.2) is 0 Å². The van der Waals surface area contributed by atoms with Crippen molar-refractivity contribution in [2.75, 3.05) is 11.1 Å². The highest BCUT2D eigenvalue weighted by Gasteiger charge is 2.19. The number of aromatic carboxylic acids is 1. The summed E-state index contributed by atoms with van der Waals surface area (Å²) in [4.78, 5) is 24.0. The van der Waals surface area contributed by atoms with Crippen LogP contribution in [0, 0.1) is 0 Å². The number of benzene rings is 2. The topological polar surface area (TPSA) is 92.4 Å². The lowest BCUT2D eigenvalue weighted by atomic mass is 10.1. The minimum absolute atomic E-state index is 0.0372. The van der Waals surface area contributed by atoms with Crippen molar-refractivity contribution in [3.63, 3.8) is 0 Å². The van der Waals surface area contributed by atoms with Gasteiger partial charge in [-0.15, -0.1) is 11.3 Å². The number of fused-ring (bicyclic) bond motifs is 1. The Kier molecular flexibility index (Phi) is 3.94. The first-order valence-electron chi connectivity index (χ1n) is 6.58. The summed E-state index contributed by atoms with van der Waals surface area (Å²) in [5.41, 5.74) is 6.12. The van der Waals surface area contributed by atoms with E-state index in [0.29, 0.717) is 15.6 Å². The molecular formula is C16H11ClN2O3S. The van der Waals surface area contributed by atoms with Gasteiger partial charge in [0.25, 0.3) is 5.91 Å². The Labute approximate surface area is 140 Å². The summed E-state index contributed by atoms with van der Waals surface area (Å²) >= 11 is 7.51. The fourth-order valence-corrected chi connectivity index (χ4v) is 3.60. The Morgan fingerprint density at radius 3 is 2.61 bits per heavy atom. The van der Waals surface area contributed by atoms with Crippen LogP contribution >= 0.6 is 22.9 Å². The van der Waals surface area contributed by atoms with Gasteiger partial charge in [0.1, 0.15) is 4.88 Å². The average molecular weight is 347 g/mol. The Balaban J connectivity index is 2.00. The van der Waals surface area contributed by atoms with Crippen molar-refractivity contribution in [3.05, 3.63) is 57.9 Å². The summed E-state index contributed by atoms with van der Waals surface area (Å²) in [6.45, 7) is 0. The number of carboxylic acids is 1. The molecule has 5 nitrogen and oxygen atoms in total. The summed E-state index contributed by atoms with van der Waals surface area (Å²) in [5.74, 6) is -1.62. The highest BCUT2D eigenvalue weighted by Crippen LogP contribution is 2.35. The van der Waals surface area contributed by atoms with Crippen molar-refractivity contribution >= 4 is 56.3 Å². The van der Waals surface area contributed by atoms with E-state index in [-0.39, 0.29) is 11.3 Å². The number of nitrogens with one attached hydrogen (secondary N) is 1. The van der Waals surface area contributed by atoms with E-state index in [0.717, 1.165) is 10.1 Å². The number of carboxylic acid groups (broad SMARTS) is 1. The van der Waals surface area contributed by atoms with Crippen LogP contribution in [0.1, 0.15) is 20.0 Å². The molecule has 0 saturated heterocycles. The number of hydrogen-bond acceptors (Lipinski definition) is 4. The summed E-state index contributed by atoms with van der Waals surface area (Å²) in [6, 6.07) is 11.6. The van der Waals surface area contributed by atoms with E-state index >= 15 is 0 Å². The molecule has 7 heteroatoms. The van der Waals surface area contributed by atoms with Crippen LogP contribution in [0.15, 0.2) is 42.5 Å². The number of nitrogen functional groups attached to an aromatic ring is 1. The van der Waals surface area contributed by atoms with Gasteiger partial charge in [0.05, 0.1) is 16.3 Å². The molecule has 0 fully saturated rings. The van der Waals surface area contributed by atoms with Crippen LogP contribution in [0.25, 0.3) is 10.1 Å². The molecule has 2 aromatic carbocycles. The van der Waals surface area contributed by atoms with Crippen LogP contribution in [0.2, 0.25) is 5.02 Å². The maximum atomic E-state index is 12.5. The molecule has 0 spiro atoms. The summed E-state index contributed by atoms with van der Waals surface area (Å²) in [7, 11) is 0. The van der Waals surface area contributed by atoms with E-state index in [2.05, 4.69) is 5.32 Å². The Morgan fingerprint density at radius 2 is 1.91 bits per heavy atom. The molecule has 0 radical (unpaired) electrons. The minimum atomic E-state index is -1.15. The number of nitrogens with two attached hydrogens (primary N) is 1. The van der Waals surface area contributed by atoms with E-state index in [9.17, 15) is 14.7 Å². The first kappa shape index (κ1) is 15.3. The molecule has 0 aliphatic heterocycles. The van der Waals surface area contributed by atoms with Crippen LogP contribution in [-0.2, 0) is 0 Å². The zero-order valence-electron chi connectivity index (χ0n) is 11.7. The molecule has 0 aliphatic carbocycles.